The van der Waals surface area contributed by atoms with Gasteiger partial charge in [0.2, 0.25) is 0 Å². The predicted octanol–water partition coefficient (Wildman–Crippen LogP) is 2.21. The van der Waals surface area contributed by atoms with Gasteiger partial charge < -0.3 is 5.11 Å². The van der Waals surface area contributed by atoms with Crippen molar-refractivity contribution in [3.63, 3.8) is 0 Å². The molecular formula is C16H21N3O2. The zero-order valence-electron chi connectivity index (χ0n) is 12.5. The lowest BCUT2D eigenvalue weighted by Crippen LogP contribution is -2.23. The Balaban J connectivity index is 1.84. The summed E-state index contributed by atoms with van der Waals surface area (Å²) >= 11 is 0. The van der Waals surface area contributed by atoms with E-state index in [4.69, 9.17) is 5.10 Å². The molecule has 0 radical (unpaired) electrons. The predicted molar refractivity (Wildman–Crippen MR) is 81.0 cm³/mol. The largest absolute Gasteiger partial charge is 0.481 e. The molecule has 1 aromatic heterocycles. The van der Waals surface area contributed by atoms with Gasteiger partial charge in [0.15, 0.2) is 0 Å². The minimum absolute atomic E-state index is 0.196. The van der Waals surface area contributed by atoms with Crippen LogP contribution in [0.3, 0.4) is 0 Å². The van der Waals surface area contributed by atoms with E-state index in [0.29, 0.717) is 6.54 Å². The van der Waals surface area contributed by atoms with Crippen molar-refractivity contribution in [3.05, 3.63) is 30.0 Å². The second kappa shape index (κ2) is 5.48. The van der Waals surface area contributed by atoms with Crippen LogP contribution in [-0.2, 0) is 17.9 Å². The van der Waals surface area contributed by atoms with Gasteiger partial charge in [-0.3, -0.25) is 14.4 Å². The third-order valence-electron chi connectivity index (χ3n) is 4.41. The van der Waals surface area contributed by atoms with Crippen LogP contribution < -0.4 is 0 Å². The summed E-state index contributed by atoms with van der Waals surface area (Å²) < 4.78 is 2.01. The first kappa shape index (κ1) is 14.1. The molecule has 1 aromatic carbocycles. The molecule has 1 aliphatic rings. The highest BCUT2D eigenvalue weighted by Crippen LogP contribution is 2.26. The molecule has 2 unspecified atom stereocenters. The Morgan fingerprint density at radius 3 is 2.81 bits per heavy atom. The van der Waals surface area contributed by atoms with Crippen LogP contribution in [0.25, 0.3) is 10.9 Å². The van der Waals surface area contributed by atoms with Crippen molar-refractivity contribution in [2.24, 2.45) is 11.8 Å². The van der Waals surface area contributed by atoms with Gasteiger partial charge in [0.05, 0.1) is 17.1 Å². The fraction of sp³-hybridized carbons (Fsp3) is 0.500. The summed E-state index contributed by atoms with van der Waals surface area (Å²) in [5, 5.41) is 15.1. The van der Waals surface area contributed by atoms with Crippen LogP contribution in [0.2, 0.25) is 0 Å². The number of hydrogen-bond acceptors (Lipinski definition) is 3. The van der Waals surface area contributed by atoms with E-state index in [1.165, 1.54) is 5.39 Å². The van der Waals surface area contributed by atoms with Gasteiger partial charge in [0.1, 0.15) is 0 Å². The van der Waals surface area contributed by atoms with E-state index in [0.717, 1.165) is 30.8 Å². The van der Waals surface area contributed by atoms with Crippen molar-refractivity contribution in [1.29, 1.82) is 0 Å². The number of rotatable bonds is 4. The van der Waals surface area contributed by atoms with Crippen LogP contribution in [0, 0.1) is 11.8 Å². The molecule has 1 N–H and O–H groups in total. The molecule has 2 atom stereocenters. The summed E-state index contributed by atoms with van der Waals surface area (Å²) in [5.41, 5.74) is 2.20. The minimum atomic E-state index is -0.686. The number of likely N-dealkylation sites (tertiary alicyclic amines) is 1. The minimum Gasteiger partial charge on any atom is -0.481 e. The molecule has 1 saturated heterocycles. The quantitative estimate of drug-likeness (QED) is 0.936. The van der Waals surface area contributed by atoms with E-state index in [1.54, 1.807) is 0 Å². The lowest BCUT2D eigenvalue weighted by molar-refractivity contribution is -0.142. The van der Waals surface area contributed by atoms with Gasteiger partial charge in [0, 0.05) is 31.6 Å². The molecule has 2 heterocycles. The second-order valence-electron chi connectivity index (χ2n) is 5.90. The molecule has 0 amide bonds. The Bertz CT molecular complexity index is 665. The zero-order valence-corrected chi connectivity index (χ0v) is 12.5. The van der Waals surface area contributed by atoms with Gasteiger partial charge in [-0.25, -0.2) is 0 Å². The van der Waals surface area contributed by atoms with E-state index in [1.807, 2.05) is 23.7 Å². The topological polar surface area (TPSA) is 58.4 Å². The molecular weight excluding hydrogens is 266 g/mol. The van der Waals surface area contributed by atoms with E-state index in [-0.39, 0.29) is 11.8 Å². The monoisotopic (exact) mass is 287 g/mol. The normalized spacial score (nSPS) is 23.0. The molecule has 5 heteroatoms. The molecule has 1 aliphatic heterocycles. The average molecular weight is 287 g/mol. The highest BCUT2D eigenvalue weighted by Gasteiger charge is 2.35. The number of hydrogen-bond donors (Lipinski definition) is 1. The fourth-order valence-corrected chi connectivity index (χ4v) is 3.28. The van der Waals surface area contributed by atoms with Crippen LogP contribution in [0.1, 0.15) is 19.5 Å². The lowest BCUT2D eigenvalue weighted by atomic mass is 9.99. The molecule has 2 aromatic rings. The first-order valence-corrected chi connectivity index (χ1v) is 7.49. The summed E-state index contributed by atoms with van der Waals surface area (Å²) in [5.74, 6) is -0.750. The number of aryl methyl sites for hydroxylation is 1. The Hall–Kier alpha value is -1.88. The van der Waals surface area contributed by atoms with Gasteiger partial charge in [0.25, 0.3) is 0 Å². The SMILES string of the molecule is CCn1nc(CN2CC(C)C(C(=O)O)C2)c2ccccc21. The van der Waals surface area contributed by atoms with Crippen LogP contribution in [0.5, 0.6) is 0 Å². The highest BCUT2D eigenvalue weighted by molar-refractivity contribution is 5.81. The Morgan fingerprint density at radius 2 is 2.14 bits per heavy atom. The molecule has 5 nitrogen and oxygen atoms in total. The van der Waals surface area contributed by atoms with Crippen molar-refractivity contribution in [2.75, 3.05) is 13.1 Å². The zero-order chi connectivity index (χ0) is 15.0. The van der Waals surface area contributed by atoms with Gasteiger partial charge in [-0.05, 0) is 18.9 Å². The smallest absolute Gasteiger partial charge is 0.308 e. The molecule has 0 aliphatic carbocycles. The molecule has 0 spiro atoms. The second-order valence-corrected chi connectivity index (χ2v) is 5.90. The van der Waals surface area contributed by atoms with Crippen molar-refractivity contribution >= 4 is 16.9 Å². The number of carboxylic acid groups (broad SMARTS) is 1. The third-order valence-corrected chi connectivity index (χ3v) is 4.41. The van der Waals surface area contributed by atoms with Gasteiger partial charge in [-0.15, -0.1) is 0 Å². The number of benzene rings is 1. The summed E-state index contributed by atoms with van der Waals surface area (Å²) in [4.78, 5) is 13.4. The van der Waals surface area contributed by atoms with E-state index < -0.39 is 5.97 Å². The van der Waals surface area contributed by atoms with Crippen molar-refractivity contribution in [3.8, 4) is 0 Å². The Morgan fingerprint density at radius 1 is 1.38 bits per heavy atom. The molecule has 1 fully saturated rings. The van der Waals surface area contributed by atoms with Crippen molar-refractivity contribution in [1.82, 2.24) is 14.7 Å². The maximum Gasteiger partial charge on any atom is 0.308 e. The van der Waals surface area contributed by atoms with Crippen molar-refractivity contribution in [2.45, 2.75) is 26.9 Å². The maximum atomic E-state index is 11.2. The lowest BCUT2D eigenvalue weighted by Gasteiger charge is -2.13. The van der Waals surface area contributed by atoms with Crippen LogP contribution in [0.4, 0.5) is 0 Å². The average Bonchev–Trinajstić information content (AvgIpc) is 3.01. The standard InChI is InChI=1S/C16H21N3O2/c1-3-19-15-7-5-4-6-12(15)14(17-19)10-18-8-11(2)13(9-18)16(20)21/h4-7,11,13H,3,8-10H2,1-2H3,(H,20,21). The molecule has 21 heavy (non-hydrogen) atoms. The summed E-state index contributed by atoms with van der Waals surface area (Å²) in [6.07, 6.45) is 0. The van der Waals surface area contributed by atoms with E-state index in [9.17, 15) is 9.90 Å². The number of carbonyl (C=O) groups is 1. The molecule has 0 bridgehead atoms. The van der Waals surface area contributed by atoms with Gasteiger partial charge in [-0.2, -0.15) is 5.10 Å². The molecule has 112 valence electrons. The molecule has 0 saturated carbocycles. The van der Waals surface area contributed by atoms with Gasteiger partial charge in [-0.1, -0.05) is 25.1 Å². The number of nitrogens with zero attached hydrogens (tertiary/aromatic N) is 3. The number of aromatic nitrogens is 2. The van der Waals surface area contributed by atoms with Gasteiger partial charge >= 0.3 is 5.97 Å². The fourth-order valence-electron chi connectivity index (χ4n) is 3.28. The van der Waals surface area contributed by atoms with Crippen LogP contribution in [-0.4, -0.2) is 38.8 Å². The van der Waals surface area contributed by atoms with Crippen LogP contribution >= 0.6 is 0 Å². The van der Waals surface area contributed by atoms with E-state index >= 15 is 0 Å². The number of aliphatic carboxylic acids is 1. The number of para-hydroxylation sites is 1. The summed E-state index contributed by atoms with van der Waals surface area (Å²) in [6, 6.07) is 8.23. The maximum absolute atomic E-state index is 11.2. The summed E-state index contributed by atoms with van der Waals surface area (Å²) in [7, 11) is 0. The third kappa shape index (κ3) is 2.53. The molecule has 3 rings (SSSR count). The first-order chi connectivity index (χ1) is 10.1. The summed E-state index contributed by atoms with van der Waals surface area (Å²) in [6.45, 7) is 7.10. The van der Waals surface area contributed by atoms with Crippen molar-refractivity contribution < 1.29 is 9.90 Å². The number of carboxylic acids is 1. The first-order valence-electron chi connectivity index (χ1n) is 7.49. The Kier molecular flexibility index (Phi) is 3.68. The van der Waals surface area contributed by atoms with Crippen LogP contribution in [0.15, 0.2) is 24.3 Å². The van der Waals surface area contributed by atoms with E-state index in [2.05, 4.69) is 24.0 Å². The highest BCUT2D eigenvalue weighted by atomic mass is 16.4. The Labute approximate surface area is 124 Å². The number of fused-ring (bicyclic) bond motifs is 1.